The van der Waals surface area contributed by atoms with E-state index in [1.54, 1.807) is 18.2 Å². The summed E-state index contributed by atoms with van der Waals surface area (Å²) < 4.78 is 41.1. The molecule has 0 aliphatic carbocycles. The van der Waals surface area contributed by atoms with Gasteiger partial charge >= 0.3 is 0 Å². The standard InChI is InChI=1S/C14H9F3O/c1-8(18)10-7-11(15)14(17)12(13(10)16)9-5-3-2-4-6-9/h2-7H,1H3. The van der Waals surface area contributed by atoms with Crippen LogP contribution in [0.2, 0.25) is 0 Å². The first-order valence-electron chi connectivity index (χ1n) is 5.26. The Morgan fingerprint density at radius 2 is 1.61 bits per heavy atom. The molecule has 0 unspecified atom stereocenters. The van der Waals surface area contributed by atoms with Crippen molar-refractivity contribution in [2.45, 2.75) is 6.92 Å². The first-order valence-corrected chi connectivity index (χ1v) is 5.26. The molecule has 92 valence electrons. The van der Waals surface area contributed by atoms with E-state index in [2.05, 4.69) is 0 Å². The summed E-state index contributed by atoms with van der Waals surface area (Å²) in [4.78, 5) is 11.2. The number of Topliss-reactive ketones (excluding diaryl/α,β-unsaturated/α-hetero) is 1. The van der Waals surface area contributed by atoms with Crippen molar-refractivity contribution in [2.75, 3.05) is 0 Å². The summed E-state index contributed by atoms with van der Waals surface area (Å²) in [6.07, 6.45) is 0. The lowest BCUT2D eigenvalue weighted by Gasteiger charge is -2.09. The second kappa shape index (κ2) is 4.64. The Kier molecular flexibility index (Phi) is 3.19. The number of halogens is 3. The summed E-state index contributed by atoms with van der Waals surface area (Å²) in [5, 5.41) is 0. The monoisotopic (exact) mass is 250 g/mol. The lowest BCUT2D eigenvalue weighted by atomic mass is 9.99. The Morgan fingerprint density at radius 1 is 1.00 bits per heavy atom. The molecule has 0 fully saturated rings. The highest BCUT2D eigenvalue weighted by atomic mass is 19.2. The van der Waals surface area contributed by atoms with Crippen molar-refractivity contribution >= 4 is 5.78 Å². The number of benzene rings is 2. The minimum atomic E-state index is -1.29. The van der Waals surface area contributed by atoms with Crippen LogP contribution in [0.25, 0.3) is 11.1 Å². The molecule has 0 aromatic heterocycles. The van der Waals surface area contributed by atoms with Crippen molar-refractivity contribution in [3.63, 3.8) is 0 Å². The Labute approximate surface area is 102 Å². The van der Waals surface area contributed by atoms with Crippen LogP contribution in [-0.4, -0.2) is 5.78 Å². The number of ketones is 1. The van der Waals surface area contributed by atoms with Crippen LogP contribution in [0.5, 0.6) is 0 Å². The summed E-state index contributed by atoms with van der Waals surface area (Å²) in [5.41, 5.74) is -0.775. The minimum Gasteiger partial charge on any atom is -0.294 e. The van der Waals surface area contributed by atoms with E-state index >= 15 is 0 Å². The second-order valence-corrected chi connectivity index (χ2v) is 3.83. The van der Waals surface area contributed by atoms with Gasteiger partial charge in [0.1, 0.15) is 5.82 Å². The van der Waals surface area contributed by atoms with Gasteiger partial charge in [0, 0.05) is 0 Å². The molecule has 0 N–H and O–H groups in total. The molecule has 1 nitrogen and oxygen atoms in total. The van der Waals surface area contributed by atoms with Crippen molar-refractivity contribution in [2.24, 2.45) is 0 Å². The van der Waals surface area contributed by atoms with Gasteiger partial charge in [0.15, 0.2) is 17.4 Å². The zero-order valence-corrected chi connectivity index (χ0v) is 9.51. The van der Waals surface area contributed by atoms with Crippen molar-refractivity contribution in [1.82, 2.24) is 0 Å². The van der Waals surface area contributed by atoms with E-state index in [9.17, 15) is 18.0 Å². The molecule has 0 spiro atoms. The lowest BCUT2D eigenvalue weighted by molar-refractivity contribution is 0.101. The van der Waals surface area contributed by atoms with Crippen LogP contribution in [0.4, 0.5) is 13.2 Å². The Hall–Kier alpha value is -2.10. The Morgan fingerprint density at radius 3 is 2.17 bits per heavy atom. The molecular formula is C14H9F3O. The largest absolute Gasteiger partial charge is 0.294 e. The predicted octanol–water partition coefficient (Wildman–Crippen LogP) is 3.97. The fourth-order valence-electron chi connectivity index (χ4n) is 1.72. The quantitative estimate of drug-likeness (QED) is 0.582. The number of hydrogen-bond acceptors (Lipinski definition) is 1. The van der Waals surface area contributed by atoms with Crippen LogP contribution in [0.3, 0.4) is 0 Å². The van der Waals surface area contributed by atoms with E-state index in [4.69, 9.17) is 0 Å². The molecule has 2 aromatic carbocycles. The Balaban J connectivity index is 2.78. The molecule has 2 rings (SSSR count). The number of hydrogen-bond donors (Lipinski definition) is 0. The molecule has 0 radical (unpaired) electrons. The van der Waals surface area contributed by atoms with Gasteiger partial charge in [-0.2, -0.15) is 0 Å². The van der Waals surface area contributed by atoms with E-state index in [0.717, 1.165) is 6.92 Å². The van der Waals surface area contributed by atoms with Crippen molar-refractivity contribution in [3.05, 3.63) is 59.4 Å². The maximum Gasteiger partial charge on any atom is 0.169 e. The molecular weight excluding hydrogens is 241 g/mol. The fourth-order valence-corrected chi connectivity index (χ4v) is 1.72. The van der Waals surface area contributed by atoms with Crippen LogP contribution in [0.1, 0.15) is 17.3 Å². The predicted molar refractivity (Wildman–Crippen MR) is 61.8 cm³/mol. The van der Waals surface area contributed by atoms with Gasteiger partial charge in [-0.15, -0.1) is 0 Å². The number of carbonyl (C=O) groups is 1. The topological polar surface area (TPSA) is 17.1 Å². The molecule has 0 atom stereocenters. The van der Waals surface area contributed by atoms with Gasteiger partial charge in [0.2, 0.25) is 0 Å². The van der Waals surface area contributed by atoms with Gasteiger partial charge in [-0.25, -0.2) is 13.2 Å². The third-order valence-electron chi connectivity index (χ3n) is 2.60. The zero-order chi connectivity index (χ0) is 13.3. The second-order valence-electron chi connectivity index (χ2n) is 3.83. The van der Waals surface area contributed by atoms with E-state index in [1.807, 2.05) is 0 Å². The lowest BCUT2D eigenvalue weighted by Crippen LogP contribution is -2.04. The molecule has 0 aliphatic rings. The molecule has 0 aliphatic heterocycles. The van der Waals surface area contributed by atoms with Crippen LogP contribution >= 0.6 is 0 Å². The summed E-state index contributed by atoms with van der Waals surface area (Å²) in [6.45, 7) is 1.10. The molecule has 0 saturated carbocycles. The maximum absolute atomic E-state index is 14.0. The third kappa shape index (κ3) is 2.01. The van der Waals surface area contributed by atoms with E-state index < -0.39 is 34.4 Å². The number of carbonyl (C=O) groups excluding carboxylic acids is 1. The Bertz CT molecular complexity index is 606. The SMILES string of the molecule is CC(=O)c1cc(F)c(F)c(-c2ccccc2)c1F. The summed E-state index contributed by atoms with van der Waals surface area (Å²) in [7, 11) is 0. The van der Waals surface area contributed by atoms with Crippen molar-refractivity contribution in [1.29, 1.82) is 0 Å². The fraction of sp³-hybridized carbons (Fsp3) is 0.0714. The zero-order valence-electron chi connectivity index (χ0n) is 9.51. The van der Waals surface area contributed by atoms with E-state index in [1.165, 1.54) is 12.1 Å². The van der Waals surface area contributed by atoms with Crippen molar-refractivity contribution < 1.29 is 18.0 Å². The summed E-state index contributed by atoms with van der Waals surface area (Å²) in [5.74, 6) is -4.21. The first kappa shape index (κ1) is 12.4. The highest BCUT2D eigenvalue weighted by molar-refractivity contribution is 5.95. The van der Waals surface area contributed by atoms with E-state index in [0.29, 0.717) is 6.07 Å². The van der Waals surface area contributed by atoms with Crippen LogP contribution in [0, 0.1) is 17.5 Å². The van der Waals surface area contributed by atoms with Gasteiger partial charge in [-0.05, 0) is 18.6 Å². The van der Waals surface area contributed by atoms with E-state index in [-0.39, 0.29) is 5.56 Å². The van der Waals surface area contributed by atoms with Gasteiger partial charge in [-0.3, -0.25) is 4.79 Å². The van der Waals surface area contributed by atoms with Gasteiger partial charge in [0.05, 0.1) is 11.1 Å². The average molecular weight is 250 g/mol. The average Bonchev–Trinajstić information content (AvgIpc) is 2.35. The van der Waals surface area contributed by atoms with Gasteiger partial charge in [0.25, 0.3) is 0 Å². The smallest absolute Gasteiger partial charge is 0.169 e. The van der Waals surface area contributed by atoms with Gasteiger partial charge < -0.3 is 0 Å². The van der Waals surface area contributed by atoms with Crippen LogP contribution in [-0.2, 0) is 0 Å². The normalized spacial score (nSPS) is 10.4. The summed E-state index contributed by atoms with van der Waals surface area (Å²) >= 11 is 0. The highest BCUT2D eigenvalue weighted by Crippen LogP contribution is 2.30. The third-order valence-corrected chi connectivity index (χ3v) is 2.60. The van der Waals surface area contributed by atoms with Crippen LogP contribution in [0.15, 0.2) is 36.4 Å². The minimum absolute atomic E-state index is 0.189. The first-order chi connectivity index (χ1) is 8.52. The van der Waals surface area contributed by atoms with Crippen LogP contribution < -0.4 is 0 Å². The molecule has 0 saturated heterocycles. The van der Waals surface area contributed by atoms with Crippen molar-refractivity contribution in [3.8, 4) is 11.1 Å². The molecule has 2 aromatic rings. The molecule has 0 heterocycles. The van der Waals surface area contributed by atoms with Gasteiger partial charge in [-0.1, -0.05) is 30.3 Å². The summed E-state index contributed by atoms with van der Waals surface area (Å²) in [6, 6.07) is 8.30. The highest BCUT2D eigenvalue weighted by Gasteiger charge is 2.21. The molecule has 0 bridgehead atoms. The molecule has 4 heteroatoms. The molecule has 0 amide bonds. The maximum atomic E-state index is 14.0. The number of rotatable bonds is 2. The molecule has 18 heavy (non-hydrogen) atoms.